The monoisotopic (exact) mass is 400 g/mol. The van der Waals surface area contributed by atoms with E-state index in [9.17, 15) is 17.6 Å². The fraction of sp³-hybridized carbons (Fsp3) is 0.739. The van der Waals surface area contributed by atoms with E-state index in [4.69, 9.17) is 0 Å². The molecule has 1 nitrogen and oxygen atoms in total. The van der Waals surface area contributed by atoms with Crippen molar-refractivity contribution in [1.82, 2.24) is 0 Å². The lowest BCUT2D eigenvalue weighted by Gasteiger charge is -2.38. The van der Waals surface area contributed by atoms with Gasteiger partial charge < -0.3 is 4.74 Å². The van der Waals surface area contributed by atoms with Gasteiger partial charge in [0.1, 0.15) is 6.61 Å². The van der Waals surface area contributed by atoms with E-state index in [1.54, 1.807) is 0 Å². The molecule has 1 aromatic rings. The Bertz CT molecular complexity index is 617. The Morgan fingerprint density at radius 2 is 1.50 bits per heavy atom. The molecule has 158 valence electrons. The Hall–Kier alpha value is -1.26. The fourth-order valence-corrected chi connectivity index (χ4v) is 5.38. The zero-order valence-corrected chi connectivity index (χ0v) is 16.7. The standard InChI is InChI=1S/C23H32F4O/c1-2-3-15-4-6-16(7-5-15)17-8-10-18(11-9-17)19-12-13-20(23(27)22(19)26)28-14-21(24)25/h12-13,15-18,21H,2-11,14H2,1H3. The van der Waals surface area contributed by atoms with Gasteiger partial charge in [0.15, 0.2) is 11.6 Å². The van der Waals surface area contributed by atoms with Crippen LogP contribution in [0.2, 0.25) is 0 Å². The summed E-state index contributed by atoms with van der Waals surface area (Å²) in [6.45, 7) is 1.33. The third kappa shape index (κ3) is 5.21. The van der Waals surface area contributed by atoms with Gasteiger partial charge in [-0.2, -0.15) is 4.39 Å². The molecule has 0 unspecified atom stereocenters. The molecular formula is C23H32F4O. The minimum atomic E-state index is -2.71. The van der Waals surface area contributed by atoms with E-state index in [0.717, 1.165) is 37.5 Å². The van der Waals surface area contributed by atoms with E-state index in [1.165, 1.54) is 50.7 Å². The lowest BCUT2D eigenvalue weighted by molar-refractivity contribution is 0.0794. The van der Waals surface area contributed by atoms with Crippen LogP contribution in [0.3, 0.4) is 0 Å². The van der Waals surface area contributed by atoms with Gasteiger partial charge in [-0.05, 0) is 73.8 Å². The minimum Gasteiger partial charge on any atom is -0.484 e. The van der Waals surface area contributed by atoms with Gasteiger partial charge >= 0.3 is 0 Å². The Morgan fingerprint density at radius 3 is 2.07 bits per heavy atom. The van der Waals surface area contributed by atoms with Crippen molar-refractivity contribution in [2.75, 3.05) is 6.61 Å². The average Bonchev–Trinajstić information content (AvgIpc) is 2.70. The van der Waals surface area contributed by atoms with Crippen molar-refractivity contribution in [3.63, 3.8) is 0 Å². The normalized spacial score (nSPS) is 28.5. The summed E-state index contributed by atoms with van der Waals surface area (Å²) in [6.07, 6.45) is 9.11. The topological polar surface area (TPSA) is 9.23 Å². The van der Waals surface area contributed by atoms with Crippen molar-refractivity contribution in [2.45, 2.75) is 83.5 Å². The molecule has 0 heterocycles. The molecule has 0 spiro atoms. The van der Waals surface area contributed by atoms with Crippen molar-refractivity contribution in [2.24, 2.45) is 17.8 Å². The highest BCUT2D eigenvalue weighted by Gasteiger charge is 2.32. The lowest BCUT2D eigenvalue weighted by Crippen LogP contribution is -2.25. The molecule has 0 bridgehead atoms. The maximum Gasteiger partial charge on any atom is 0.272 e. The predicted molar refractivity (Wildman–Crippen MR) is 103 cm³/mol. The Morgan fingerprint density at radius 1 is 0.893 bits per heavy atom. The number of benzene rings is 1. The smallest absolute Gasteiger partial charge is 0.272 e. The SMILES string of the molecule is CCCC1CCC(C2CCC(c3ccc(OCC(F)F)c(F)c3F)CC2)CC1. The first kappa shape index (κ1) is 21.4. The summed E-state index contributed by atoms with van der Waals surface area (Å²) in [5.41, 5.74) is 0.368. The first-order valence-electron chi connectivity index (χ1n) is 10.9. The molecule has 0 amide bonds. The van der Waals surface area contributed by atoms with Crippen LogP contribution in [0.1, 0.15) is 82.6 Å². The predicted octanol–water partition coefficient (Wildman–Crippen LogP) is 7.49. The van der Waals surface area contributed by atoms with Gasteiger partial charge in [0, 0.05) is 0 Å². The number of ether oxygens (including phenoxy) is 1. The van der Waals surface area contributed by atoms with E-state index >= 15 is 0 Å². The van der Waals surface area contributed by atoms with Gasteiger partial charge in [-0.15, -0.1) is 0 Å². The Kier molecular flexibility index (Phi) is 7.64. The van der Waals surface area contributed by atoms with Crippen LogP contribution in [0.15, 0.2) is 12.1 Å². The van der Waals surface area contributed by atoms with Crippen molar-refractivity contribution in [3.8, 4) is 5.75 Å². The quantitative estimate of drug-likeness (QED) is 0.431. The van der Waals surface area contributed by atoms with Crippen LogP contribution in [0.25, 0.3) is 0 Å². The second kappa shape index (κ2) is 9.98. The summed E-state index contributed by atoms with van der Waals surface area (Å²) in [7, 11) is 0. The average molecular weight is 401 g/mol. The van der Waals surface area contributed by atoms with Gasteiger partial charge in [0.05, 0.1) is 0 Å². The third-order valence-electron chi connectivity index (χ3n) is 6.91. The van der Waals surface area contributed by atoms with Crippen molar-refractivity contribution in [3.05, 3.63) is 29.3 Å². The van der Waals surface area contributed by atoms with E-state index in [-0.39, 0.29) is 5.92 Å². The van der Waals surface area contributed by atoms with Crippen LogP contribution in [0.4, 0.5) is 17.6 Å². The molecule has 3 rings (SSSR count). The Balaban J connectivity index is 1.54. The van der Waals surface area contributed by atoms with Crippen molar-refractivity contribution < 1.29 is 22.3 Å². The highest BCUT2D eigenvalue weighted by Crippen LogP contribution is 2.45. The molecule has 0 atom stereocenters. The third-order valence-corrected chi connectivity index (χ3v) is 6.91. The van der Waals surface area contributed by atoms with Crippen molar-refractivity contribution in [1.29, 1.82) is 0 Å². The number of hydrogen-bond acceptors (Lipinski definition) is 1. The zero-order valence-electron chi connectivity index (χ0n) is 16.7. The molecule has 28 heavy (non-hydrogen) atoms. The van der Waals surface area contributed by atoms with Gasteiger partial charge in [-0.1, -0.05) is 38.7 Å². The largest absolute Gasteiger partial charge is 0.484 e. The number of rotatable bonds is 7. The molecule has 2 aliphatic rings. The van der Waals surface area contributed by atoms with Gasteiger partial charge in [-0.3, -0.25) is 0 Å². The second-order valence-corrected chi connectivity index (χ2v) is 8.66. The molecular weight excluding hydrogens is 368 g/mol. The van der Waals surface area contributed by atoms with Gasteiger partial charge in [-0.25, -0.2) is 13.2 Å². The van der Waals surface area contributed by atoms with E-state index in [0.29, 0.717) is 11.5 Å². The Labute approximate surface area is 165 Å². The molecule has 0 saturated heterocycles. The maximum absolute atomic E-state index is 14.5. The molecule has 2 saturated carbocycles. The molecule has 0 aliphatic heterocycles. The fourth-order valence-electron chi connectivity index (χ4n) is 5.38. The summed E-state index contributed by atoms with van der Waals surface area (Å²) >= 11 is 0. The van der Waals surface area contributed by atoms with Crippen LogP contribution < -0.4 is 4.74 Å². The van der Waals surface area contributed by atoms with E-state index in [2.05, 4.69) is 11.7 Å². The maximum atomic E-state index is 14.5. The molecule has 5 heteroatoms. The summed E-state index contributed by atoms with van der Waals surface area (Å²) in [6, 6.07) is 2.80. The molecule has 1 aromatic carbocycles. The van der Waals surface area contributed by atoms with Crippen LogP contribution in [0, 0.1) is 29.4 Å². The summed E-state index contributed by atoms with van der Waals surface area (Å²) in [5.74, 6) is -0.100. The molecule has 2 aliphatic carbocycles. The summed E-state index contributed by atoms with van der Waals surface area (Å²) in [5, 5.41) is 0. The molecule has 0 N–H and O–H groups in total. The van der Waals surface area contributed by atoms with Gasteiger partial charge in [0.2, 0.25) is 5.82 Å². The highest BCUT2D eigenvalue weighted by molar-refractivity contribution is 5.33. The number of hydrogen-bond donors (Lipinski definition) is 0. The van der Waals surface area contributed by atoms with E-state index in [1.807, 2.05) is 0 Å². The first-order chi connectivity index (χ1) is 13.5. The molecule has 2 fully saturated rings. The van der Waals surface area contributed by atoms with Crippen molar-refractivity contribution >= 4 is 0 Å². The minimum absolute atomic E-state index is 0.00586. The summed E-state index contributed by atoms with van der Waals surface area (Å²) < 4.78 is 57.8. The van der Waals surface area contributed by atoms with Crippen LogP contribution in [-0.4, -0.2) is 13.0 Å². The van der Waals surface area contributed by atoms with E-state index < -0.39 is 30.4 Å². The first-order valence-corrected chi connectivity index (χ1v) is 10.9. The van der Waals surface area contributed by atoms with Crippen LogP contribution in [0.5, 0.6) is 5.75 Å². The van der Waals surface area contributed by atoms with Gasteiger partial charge in [0.25, 0.3) is 6.43 Å². The van der Waals surface area contributed by atoms with Crippen LogP contribution >= 0.6 is 0 Å². The molecule has 0 aromatic heterocycles. The second-order valence-electron chi connectivity index (χ2n) is 8.66. The van der Waals surface area contributed by atoms with Crippen LogP contribution in [-0.2, 0) is 0 Å². The number of halogens is 4. The zero-order chi connectivity index (χ0) is 20.1. The lowest BCUT2D eigenvalue weighted by atomic mass is 9.68. The molecule has 0 radical (unpaired) electrons. The number of alkyl halides is 2. The summed E-state index contributed by atoms with van der Waals surface area (Å²) in [4.78, 5) is 0. The highest BCUT2D eigenvalue weighted by atomic mass is 19.3.